The van der Waals surface area contributed by atoms with Crippen LogP contribution in [0.2, 0.25) is 0 Å². The minimum Gasteiger partial charge on any atom is -0.241 e. The van der Waals surface area contributed by atoms with E-state index < -0.39 is 0 Å². The molecule has 1 aromatic rings. The molecule has 14 heavy (non-hydrogen) atoms. The van der Waals surface area contributed by atoms with Crippen LogP contribution in [-0.4, -0.2) is 9.97 Å². The highest BCUT2D eigenvalue weighted by molar-refractivity contribution is 5.36. The largest absolute Gasteiger partial charge is 0.241 e. The molecule has 0 spiro atoms. The van der Waals surface area contributed by atoms with E-state index in [-0.39, 0.29) is 0 Å². The molecule has 0 unspecified atom stereocenters. The molecule has 2 rings (SSSR count). The number of rotatable bonds is 1. The Balaban J connectivity index is 0.000000461. The average molecular weight is 190 g/mol. The van der Waals surface area contributed by atoms with Crippen molar-refractivity contribution < 1.29 is 0 Å². The summed E-state index contributed by atoms with van der Waals surface area (Å²) in [4.78, 5) is 8.48. The number of aryl methyl sites for hydroxylation is 1. The van der Waals surface area contributed by atoms with E-state index >= 15 is 0 Å². The van der Waals surface area contributed by atoms with E-state index in [9.17, 15) is 0 Å². The van der Waals surface area contributed by atoms with Crippen LogP contribution in [0.25, 0.3) is 12.2 Å². The normalized spacial score (nSPS) is 12.8. The molecule has 1 heterocycles. The molecule has 0 saturated carbocycles. The molecule has 0 atom stereocenters. The monoisotopic (exact) mass is 190 g/mol. The van der Waals surface area contributed by atoms with Gasteiger partial charge in [-0.15, -0.1) is 0 Å². The molecule has 1 aliphatic rings. The highest BCUT2D eigenvalue weighted by Crippen LogP contribution is 1.95. The van der Waals surface area contributed by atoms with Crippen LogP contribution in [0.15, 0.2) is 6.33 Å². The van der Waals surface area contributed by atoms with Gasteiger partial charge in [-0.05, 0) is 19.3 Å². The molecule has 0 N–H and O–H groups in total. The molecule has 0 saturated heterocycles. The van der Waals surface area contributed by atoms with Gasteiger partial charge in [0.05, 0.1) is 11.0 Å². The van der Waals surface area contributed by atoms with Crippen LogP contribution in [0.5, 0.6) is 0 Å². The SMILES string of the molecule is CC.CCc1ncnc2c1=CCCC=2. The zero-order valence-corrected chi connectivity index (χ0v) is 9.25. The Morgan fingerprint density at radius 2 is 1.86 bits per heavy atom. The van der Waals surface area contributed by atoms with Gasteiger partial charge in [0, 0.05) is 5.22 Å². The molecule has 1 aromatic heterocycles. The highest BCUT2D eigenvalue weighted by atomic mass is 14.8. The van der Waals surface area contributed by atoms with Gasteiger partial charge in [0.25, 0.3) is 0 Å². The van der Waals surface area contributed by atoms with Gasteiger partial charge in [0.1, 0.15) is 6.33 Å². The summed E-state index contributed by atoms with van der Waals surface area (Å²) >= 11 is 0. The van der Waals surface area contributed by atoms with E-state index in [1.165, 1.54) is 10.9 Å². The second kappa shape index (κ2) is 5.53. The van der Waals surface area contributed by atoms with Gasteiger partial charge in [-0.25, -0.2) is 9.97 Å². The summed E-state index contributed by atoms with van der Waals surface area (Å²) in [6.45, 7) is 6.13. The van der Waals surface area contributed by atoms with Crippen molar-refractivity contribution in [3.8, 4) is 0 Å². The van der Waals surface area contributed by atoms with Crippen LogP contribution in [0.3, 0.4) is 0 Å². The Morgan fingerprint density at radius 3 is 2.57 bits per heavy atom. The Hall–Kier alpha value is -1.18. The zero-order chi connectivity index (χ0) is 10.4. The summed E-state index contributed by atoms with van der Waals surface area (Å²) in [7, 11) is 0. The van der Waals surface area contributed by atoms with Crippen molar-refractivity contribution in [3.05, 3.63) is 22.6 Å². The standard InChI is InChI=1S/C10H12N2.C2H6/c1-2-9-8-5-3-4-6-10(8)12-7-11-9;1-2/h5-7H,2-4H2,1H3;1-2H3. The smallest absolute Gasteiger partial charge is 0.116 e. The first-order valence-corrected chi connectivity index (χ1v) is 5.42. The summed E-state index contributed by atoms with van der Waals surface area (Å²) in [5, 5.41) is 2.37. The average Bonchev–Trinajstić information content (AvgIpc) is 2.31. The predicted octanol–water partition coefficient (Wildman–Crippen LogP) is 1.42. The molecule has 2 nitrogen and oxygen atoms in total. The molecule has 2 heteroatoms. The molecule has 0 aliphatic heterocycles. The van der Waals surface area contributed by atoms with Gasteiger partial charge in [-0.1, -0.05) is 32.9 Å². The maximum absolute atomic E-state index is 4.25. The van der Waals surface area contributed by atoms with E-state index in [2.05, 4.69) is 29.0 Å². The van der Waals surface area contributed by atoms with Crippen molar-refractivity contribution in [2.24, 2.45) is 0 Å². The number of fused-ring (bicyclic) bond motifs is 1. The molecular formula is C12H18N2. The van der Waals surface area contributed by atoms with Crippen LogP contribution in [-0.2, 0) is 6.42 Å². The van der Waals surface area contributed by atoms with Crippen LogP contribution >= 0.6 is 0 Å². The summed E-state index contributed by atoms with van der Waals surface area (Å²) in [6.07, 6.45) is 9.34. The van der Waals surface area contributed by atoms with E-state index in [0.717, 1.165) is 24.6 Å². The molecule has 76 valence electrons. The lowest BCUT2D eigenvalue weighted by atomic mass is 10.1. The third-order valence-corrected chi connectivity index (χ3v) is 2.18. The van der Waals surface area contributed by atoms with E-state index in [4.69, 9.17) is 0 Å². The second-order valence-corrected chi connectivity index (χ2v) is 2.96. The maximum Gasteiger partial charge on any atom is 0.116 e. The number of nitrogens with zero attached hydrogens (tertiary/aromatic N) is 2. The summed E-state index contributed by atoms with van der Waals surface area (Å²) in [5.74, 6) is 0. The van der Waals surface area contributed by atoms with Gasteiger partial charge < -0.3 is 0 Å². The fraction of sp³-hybridized carbons (Fsp3) is 0.500. The van der Waals surface area contributed by atoms with Crippen LogP contribution in [0, 0.1) is 0 Å². The summed E-state index contributed by atoms with van der Waals surface area (Å²) in [6, 6.07) is 0. The van der Waals surface area contributed by atoms with E-state index in [0.29, 0.717) is 0 Å². The summed E-state index contributed by atoms with van der Waals surface area (Å²) in [5.41, 5.74) is 1.18. The Bertz CT molecular complexity index is 393. The number of hydrogen-bond acceptors (Lipinski definition) is 2. The maximum atomic E-state index is 4.25. The van der Waals surface area contributed by atoms with Crippen molar-refractivity contribution in [3.63, 3.8) is 0 Å². The lowest BCUT2D eigenvalue weighted by Gasteiger charge is -2.01. The number of hydrogen-bond donors (Lipinski definition) is 0. The first-order valence-electron chi connectivity index (χ1n) is 5.42. The Morgan fingerprint density at radius 1 is 1.14 bits per heavy atom. The van der Waals surface area contributed by atoms with Gasteiger partial charge in [-0.3, -0.25) is 0 Å². The number of aromatic nitrogens is 2. The third-order valence-electron chi connectivity index (χ3n) is 2.18. The van der Waals surface area contributed by atoms with Gasteiger partial charge in [-0.2, -0.15) is 0 Å². The van der Waals surface area contributed by atoms with Crippen molar-refractivity contribution >= 4 is 12.2 Å². The predicted molar refractivity (Wildman–Crippen MR) is 60.2 cm³/mol. The van der Waals surface area contributed by atoms with Crippen LogP contribution < -0.4 is 10.6 Å². The first-order chi connectivity index (χ1) is 6.92. The second-order valence-electron chi connectivity index (χ2n) is 2.96. The molecule has 0 fully saturated rings. The molecule has 0 radical (unpaired) electrons. The minimum absolute atomic E-state index is 0.995. The van der Waals surface area contributed by atoms with Crippen molar-refractivity contribution in [1.82, 2.24) is 9.97 Å². The molecule has 0 aromatic carbocycles. The molecular weight excluding hydrogens is 172 g/mol. The third kappa shape index (κ3) is 2.19. The quantitative estimate of drug-likeness (QED) is 0.669. The van der Waals surface area contributed by atoms with E-state index in [1.807, 2.05) is 13.8 Å². The fourth-order valence-corrected chi connectivity index (χ4v) is 1.56. The molecule has 0 amide bonds. The van der Waals surface area contributed by atoms with Crippen molar-refractivity contribution in [2.75, 3.05) is 0 Å². The Labute approximate surface area is 85.4 Å². The highest BCUT2D eigenvalue weighted by Gasteiger charge is 1.99. The van der Waals surface area contributed by atoms with Crippen molar-refractivity contribution in [2.45, 2.75) is 40.0 Å². The van der Waals surface area contributed by atoms with Gasteiger partial charge >= 0.3 is 0 Å². The van der Waals surface area contributed by atoms with Gasteiger partial charge in [0.2, 0.25) is 0 Å². The molecule has 0 bridgehead atoms. The zero-order valence-electron chi connectivity index (χ0n) is 9.25. The van der Waals surface area contributed by atoms with Crippen LogP contribution in [0.1, 0.15) is 39.3 Å². The first kappa shape index (κ1) is 10.9. The summed E-state index contributed by atoms with van der Waals surface area (Å²) < 4.78 is 0. The van der Waals surface area contributed by atoms with Gasteiger partial charge in [0.15, 0.2) is 0 Å². The molecule has 1 aliphatic carbocycles. The Kier molecular flexibility index (Phi) is 4.30. The van der Waals surface area contributed by atoms with Crippen LogP contribution in [0.4, 0.5) is 0 Å². The van der Waals surface area contributed by atoms with E-state index in [1.54, 1.807) is 6.33 Å². The van der Waals surface area contributed by atoms with Crippen molar-refractivity contribution in [1.29, 1.82) is 0 Å². The lowest BCUT2D eigenvalue weighted by Crippen LogP contribution is -2.34. The lowest BCUT2D eigenvalue weighted by molar-refractivity contribution is 0.939. The fourth-order valence-electron chi connectivity index (χ4n) is 1.56. The topological polar surface area (TPSA) is 25.8 Å². The minimum atomic E-state index is 0.995.